The van der Waals surface area contributed by atoms with Gasteiger partial charge in [-0.05, 0) is 30.2 Å². The quantitative estimate of drug-likeness (QED) is 0.833. The van der Waals surface area contributed by atoms with E-state index >= 15 is 0 Å². The molecule has 0 bridgehead atoms. The topological polar surface area (TPSA) is 81.7 Å². The van der Waals surface area contributed by atoms with Crippen LogP contribution in [0.2, 0.25) is 0 Å². The third-order valence-electron chi connectivity index (χ3n) is 4.21. The van der Waals surface area contributed by atoms with E-state index in [0.29, 0.717) is 24.7 Å². The zero-order valence-corrected chi connectivity index (χ0v) is 13.1. The van der Waals surface area contributed by atoms with Crippen LogP contribution in [0.4, 0.5) is 4.79 Å². The molecule has 1 aromatic carbocycles. The standard InChI is InChI=1S/C15H19NO5S/c1-22(18,19)21-11-7-12-13(8-11)14(12)16-15(17)20-9-10-5-3-2-4-6-10/h2-6,11-14H,7-9H2,1H3,(H,16,17). The first-order valence-corrected chi connectivity index (χ1v) is 9.09. The maximum absolute atomic E-state index is 11.7. The van der Waals surface area contributed by atoms with Crippen LogP contribution < -0.4 is 5.32 Å². The second-order valence-electron chi connectivity index (χ2n) is 5.95. The molecular formula is C15H19NO5S. The van der Waals surface area contributed by atoms with E-state index in [0.717, 1.165) is 11.8 Å². The normalized spacial score (nSPS) is 29.7. The van der Waals surface area contributed by atoms with E-state index < -0.39 is 16.2 Å². The lowest BCUT2D eigenvalue weighted by atomic mass is 10.2. The second-order valence-corrected chi connectivity index (χ2v) is 7.55. The molecule has 0 heterocycles. The van der Waals surface area contributed by atoms with E-state index in [1.54, 1.807) is 0 Å². The minimum absolute atomic E-state index is 0.0858. The molecule has 120 valence electrons. The van der Waals surface area contributed by atoms with Crippen molar-refractivity contribution >= 4 is 16.2 Å². The summed E-state index contributed by atoms with van der Waals surface area (Å²) in [5.74, 6) is 0.604. The summed E-state index contributed by atoms with van der Waals surface area (Å²) in [6.45, 7) is 0.245. The predicted molar refractivity (Wildman–Crippen MR) is 79.5 cm³/mol. The molecule has 2 fully saturated rings. The molecule has 3 rings (SSSR count). The average Bonchev–Trinajstić information content (AvgIpc) is 2.90. The molecule has 1 aromatic rings. The van der Waals surface area contributed by atoms with Crippen molar-refractivity contribution in [3.63, 3.8) is 0 Å². The van der Waals surface area contributed by atoms with Crippen LogP contribution in [0.3, 0.4) is 0 Å². The third kappa shape index (κ3) is 3.78. The van der Waals surface area contributed by atoms with Crippen LogP contribution in [0.15, 0.2) is 30.3 Å². The maximum atomic E-state index is 11.7. The Hall–Kier alpha value is -1.60. The van der Waals surface area contributed by atoms with Crippen LogP contribution in [0.25, 0.3) is 0 Å². The Labute approximate surface area is 129 Å². The minimum Gasteiger partial charge on any atom is -0.445 e. The van der Waals surface area contributed by atoms with E-state index in [9.17, 15) is 13.2 Å². The molecule has 2 aliphatic rings. The van der Waals surface area contributed by atoms with Gasteiger partial charge in [-0.25, -0.2) is 4.79 Å². The molecule has 0 radical (unpaired) electrons. The number of carbonyl (C=O) groups is 1. The Morgan fingerprint density at radius 1 is 1.23 bits per heavy atom. The van der Waals surface area contributed by atoms with Gasteiger partial charge in [0, 0.05) is 6.04 Å². The molecule has 0 saturated heterocycles. The number of rotatable bonds is 5. The molecule has 6 nitrogen and oxygen atoms in total. The van der Waals surface area contributed by atoms with Crippen LogP contribution in [-0.2, 0) is 25.6 Å². The molecule has 2 atom stereocenters. The largest absolute Gasteiger partial charge is 0.445 e. The lowest BCUT2D eigenvalue weighted by Crippen LogP contribution is -2.31. The number of benzene rings is 1. The van der Waals surface area contributed by atoms with Crippen molar-refractivity contribution in [2.45, 2.75) is 31.6 Å². The molecule has 2 unspecified atom stereocenters. The van der Waals surface area contributed by atoms with Crippen molar-refractivity contribution in [3.8, 4) is 0 Å². The average molecular weight is 325 g/mol. The van der Waals surface area contributed by atoms with Crippen molar-refractivity contribution in [2.75, 3.05) is 6.26 Å². The monoisotopic (exact) mass is 325 g/mol. The maximum Gasteiger partial charge on any atom is 0.407 e. The number of fused-ring (bicyclic) bond motifs is 1. The first kappa shape index (κ1) is 15.3. The summed E-state index contributed by atoms with van der Waals surface area (Å²) in [6, 6.07) is 9.57. The Morgan fingerprint density at radius 3 is 2.45 bits per heavy atom. The number of carbonyl (C=O) groups excluding carboxylic acids is 1. The second kappa shape index (κ2) is 5.89. The fourth-order valence-corrected chi connectivity index (χ4v) is 3.88. The van der Waals surface area contributed by atoms with E-state index in [1.165, 1.54) is 0 Å². The Balaban J connectivity index is 1.39. The molecule has 0 aliphatic heterocycles. The SMILES string of the molecule is CS(=O)(=O)OC1CC2C(C1)C2NC(=O)OCc1ccccc1. The molecule has 0 aromatic heterocycles. The lowest BCUT2D eigenvalue weighted by Gasteiger charge is -2.14. The van der Waals surface area contributed by atoms with Gasteiger partial charge in [-0.3, -0.25) is 4.18 Å². The van der Waals surface area contributed by atoms with Gasteiger partial charge in [0.05, 0.1) is 12.4 Å². The van der Waals surface area contributed by atoms with Crippen LogP contribution in [0, 0.1) is 11.8 Å². The summed E-state index contributed by atoms with van der Waals surface area (Å²) in [4.78, 5) is 11.7. The predicted octanol–water partition coefficient (Wildman–Crippen LogP) is 1.67. The number of amides is 1. The van der Waals surface area contributed by atoms with E-state index in [4.69, 9.17) is 8.92 Å². The highest BCUT2D eigenvalue weighted by atomic mass is 32.2. The fraction of sp³-hybridized carbons (Fsp3) is 0.533. The van der Waals surface area contributed by atoms with Gasteiger partial charge >= 0.3 is 6.09 Å². The molecule has 2 aliphatic carbocycles. The Morgan fingerprint density at radius 2 is 1.86 bits per heavy atom. The number of alkyl carbamates (subject to hydrolysis) is 1. The number of ether oxygens (including phenoxy) is 1. The van der Waals surface area contributed by atoms with Crippen molar-refractivity contribution in [1.82, 2.24) is 5.32 Å². The van der Waals surface area contributed by atoms with E-state index in [-0.39, 0.29) is 18.8 Å². The van der Waals surface area contributed by atoms with Gasteiger partial charge in [-0.1, -0.05) is 30.3 Å². The molecule has 22 heavy (non-hydrogen) atoms. The summed E-state index contributed by atoms with van der Waals surface area (Å²) in [7, 11) is -3.40. The lowest BCUT2D eigenvalue weighted by molar-refractivity contribution is 0.135. The van der Waals surface area contributed by atoms with Gasteiger partial charge in [-0.15, -0.1) is 0 Å². The van der Waals surface area contributed by atoms with Crippen LogP contribution in [0.1, 0.15) is 18.4 Å². The molecule has 1 amide bonds. The highest BCUT2D eigenvalue weighted by Crippen LogP contribution is 2.53. The third-order valence-corrected chi connectivity index (χ3v) is 4.83. The van der Waals surface area contributed by atoms with Gasteiger partial charge < -0.3 is 10.1 Å². The molecular weight excluding hydrogens is 306 g/mol. The molecule has 2 saturated carbocycles. The number of hydrogen-bond donors (Lipinski definition) is 1. The first-order chi connectivity index (χ1) is 10.4. The van der Waals surface area contributed by atoms with Crippen LogP contribution in [-0.4, -0.2) is 32.9 Å². The molecule has 7 heteroatoms. The summed E-state index contributed by atoms with van der Waals surface area (Å²) in [5, 5.41) is 2.84. The fourth-order valence-electron chi connectivity index (χ4n) is 3.23. The Kier molecular flexibility index (Phi) is 4.10. The zero-order valence-electron chi connectivity index (χ0n) is 12.3. The van der Waals surface area contributed by atoms with E-state index in [1.807, 2.05) is 30.3 Å². The summed E-state index contributed by atoms with van der Waals surface area (Å²) < 4.78 is 32.3. The van der Waals surface area contributed by atoms with Gasteiger partial charge in [0.15, 0.2) is 0 Å². The molecule has 1 N–H and O–H groups in total. The minimum atomic E-state index is -3.40. The zero-order chi connectivity index (χ0) is 15.7. The molecule has 0 spiro atoms. The van der Waals surface area contributed by atoms with E-state index in [2.05, 4.69) is 5.32 Å². The van der Waals surface area contributed by atoms with Crippen molar-refractivity contribution in [3.05, 3.63) is 35.9 Å². The van der Waals surface area contributed by atoms with Crippen molar-refractivity contribution < 1.29 is 22.1 Å². The summed E-state index contributed by atoms with van der Waals surface area (Å²) >= 11 is 0. The van der Waals surface area contributed by atoms with Gasteiger partial charge in [-0.2, -0.15) is 8.42 Å². The Bertz CT molecular complexity index is 633. The summed E-state index contributed by atoms with van der Waals surface area (Å²) in [5.41, 5.74) is 0.940. The van der Waals surface area contributed by atoms with Crippen molar-refractivity contribution in [1.29, 1.82) is 0 Å². The van der Waals surface area contributed by atoms with Gasteiger partial charge in [0.25, 0.3) is 10.1 Å². The number of hydrogen-bond acceptors (Lipinski definition) is 5. The summed E-state index contributed by atoms with van der Waals surface area (Å²) in [6.07, 6.45) is 1.73. The smallest absolute Gasteiger partial charge is 0.407 e. The van der Waals surface area contributed by atoms with Crippen molar-refractivity contribution in [2.24, 2.45) is 11.8 Å². The van der Waals surface area contributed by atoms with Gasteiger partial charge in [0.1, 0.15) is 6.61 Å². The highest BCUT2D eigenvalue weighted by molar-refractivity contribution is 7.86. The first-order valence-electron chi connectivity index (χ1n) is 7.28. The van der Waals surface area contributed by atoms with Crippen LogP contribution in [0.5, 0.6) is 0 Å². The van der Waals surface area contributed by atoms with Gasteiger partial charge in [0.2, 0.25) is 0 Å². The highest BCUT2D eigenvalue weighted by Gasteiger charge is 2.57. The number of nitrogens with one attached hydrogen (secondary N) is 1. The van der Waals surface area contributed by atoms with Crippen LogP contribution >= 0.6 is 0 Å².